The first kappa shape index (κ1) is 13.9. The molecule has 0 amide bonds. The van der Waals surface area contributed by atoms with E-state index in [1.807, 2.05) is 42.5 Å². The van der Waals surface area contributed by atoms with Crippen molar-refractivity contribution in [1.82, 2.24) is 0 Å². The van der Waals surface area contributed by atoms with Gasteiger partial charge in [0.15, 0.2) is 0 Å². The van der Waals surface area contributed by atoms with Crippen LogP contribution in [-0.2, 0) is 22.2 Å². The van der Waals surface area contributed by atoms with Crippen molar-refractivity contribution in [3.63, 3.8) is 0 Å². The number of rotatable bonds is 4. The van der Waals surface area contributed by atoms with Crippen molar-refractivity contribution >= 4 is 15.7 Å². The molecule has 0 unspecified atom stereocenters. The maximum Gasteiger partial charge on any atom is 0.239 e. The van der Waals surface area contributed by atoms with E-state index in [0.29, 0.717) is 6.54 Å². The summed E-state index contributed by atoms with van der Waals surface area (Å²) in [6.45, 7) is 0.498. The highest BCUT2D eigenvalue weighted by Gasteiger charge is 2.29. The second-order valence-corrected chi connectivity index (χ2v) is 6.95. The Morgan fingerprint density at radius 2 is 1.90 bits per heavy atom. The molecule has 0 saturated heterocycles. The Hall–Kier alpha value is -2.01. The van der Waals surface area contributed by atoms with Crippen molar-refractivity contribution in [1.29, 1.82) is 0 Å². The van der Waals surface area contributed by atoms with Crippen LogP contribution in [0.25, 0.3) is 0 Å². The lowest BCUT2D eigenvalue weighted by molar-refractivity contribution is 0.414. The second-order valence-electron chi connectivity index (χ2n) is 5.06. The van der Waals surface area contributed by atoms with Gasteiger partial charge in [-0.05, 0) is 35.7 Å². The van der Waals surface area contributed by atoms with Crippen LogP contribution in [0.15, 0.2) is 48.5 Å². The molecule has 0 aromatic heterocycles. The predicted octanol–water partition coefficient (Wildman–Crippen LogP) is 2.59. The lowest BCUT2D eigenvalue weighted by Gasteiger charge is -2.19. The first-order valence-electron chi connectivity index (χ1n) is 6.81. The summed E-state index contributed by atoms with van der Waals surface area (Å²) >= 11 is 0. The monoisotopic (exact) mass is 303 g/mol. The van der Waals surface area contributed by atoms with E-state index < -0.39 is 10.0 Å². The van der Waals surface area contributed by atoms with Gasteiger partial charge in [0.1, 0.15) is 5.75 Å². The van der Waals surface area contributed by atoms with Crippen molar-refractivity contribution < 1.29 is 13.2 Å². The Balaban J connectivity index is 1.89. The molecule has 0 aliphatic carbocycles. The van der Waals surface area contributed by atoms with Gasteiger partial charge in [-0.1, -0.05) is 30.3 Å². The molecular weight excluding hydrogens is 286 g/mol. The average Bonchev–Trinajstić information content (AvgIpc) is 2.91. The first-order chi connectivity index (χ1) is 10.1. The van der Waals surface area contributed by atoms with Crippen LogP contribution in [0.4, 0.5) is 5.69 Å². The van der Waals surface area contributed by atoms with Crippen LogP contribution in [0.3, 0.4) is 0 Å². The smallest absolute Gasteiger partial charge is 0.239 e. The normalized spacial score (nSPS) is 14.0. The minimum absolute atomic E-state index is 0.0271. The number of methoxy groups -OCH3 is 1. The van der Waals surface area contributed by atoms with E-state index in [0.717, 1.165) is 29.0 Å². The van der Waals surface area contributed by atoms with Crippen LogP contribution in [0.2, 0.25) is 0 Å². The van der Waals surface area contributed by atoms with Gasteiger partial charge in [0.05, 0.1) is 18.6 Å². The van der Waals surface area contributed by atoms with Crippen molar-refractivity contribution in [2.75, 3.05) is 18.0 Å². The molecule has 0 saturated carbocycles. The van der Waals surface area contributed by atoms with Crippen LogP contribution in [0.1, 0.15) is 11.1 Å². The Kier molecular flexibility index (Phi) is 3.59. The number of hydrogen-bond acceptors (Lipinski definition) is 3. The number of fused-ring (bicyclic) bond motifs is 1. The summed E-state index contributed by atoms with van der Waals surface area (Å²) in [5.41, 5.74) is 2.59. The molecule has 2 aromatic rings. The van der Waals surface area contributed by atoms with Crippen LogP contribution < -0.4 is 9.04 Å². The molecule has 1 aliphatic rings. The van der Waals surface area contributed by atoms with Gasteiger partial charge in [-0.2, -0.15) is 0 Å². The highest BCUT2D eigenvalue weighted by molar-refractivity contribution is 7.92. The maximum atomic E-state index is 12.6. The van der Waals surface area contributed by atoms with Gasteiger partial charge in [-0.25, -0.2) is 8.42 Å². The molecule has 0 N–H and O–H groups in total. The SMILES string of the molecule is COc1ccc2c(c1)CCN2S(=O)(=O)Cc1ccccc1. The Morgan fingerprint density at radius 3 is 2.62 bits per heavy atom. The minimum Gasteiger partial charge on any atom is -0.497 e. The maximum absolute atomic E-state index is 12.6. The molecule has 5 heteroatoms. The molecule has 0 radical (unpaired) electrons. The predicted molar refractivity (Wildman–Crippen MR) is 83.1 cm³/mol. The fourth-order valence-corrected chi connectivity index (χ4v) is 4.24. The molecule has 0 fully saturated rings. The molecule has 0 bridgehead atoms. The van der Waals surface area contributed by atoms with Gasteiger partial charge in [-0.3, -0.25) is 4.31 Å². The van der Waals surface area contributed by atoms with E-state index in [1.165, 1.54) is 4.31 Å². The molecular formula is C16H17NO3S. The van der Waals surface area contributed by atoms with Crippen LogP contribution in [0, 0.1) is 0 Å². The zero-order chi connectivity index (χ0) is 14.9. The molecule has 21 heavy (non-hydrogen) atoms. The third-order valence-electron chi connectivity index (χ3n) is 3.67. The molecule has 0 spiro atoms. The van der Waals surface area contributed by atoms with Crippen molar-refractivity contribution in [2.24, 2.45) is 0 Å². The number of nitrogens with zero attached hydrogens (tertiary/aromatic N) is 1. The van der Waals surface area contributed by atoms with Gasteiger partial charge in [0, 0.05) is 6.54 Å². The zero-order valence-corrected chi connectivity index (χ0v) is 12.6. The molecule has 0 atom stereocenters. The molecule has 1 aliphatic heterocycles. The third-order valence-corrected chi connectivity index (χ3v) is 5.42. The fourth-order valence-electron chi connectivity index (χ4n) is 2.63. The van der Waals surface area contributed by atoms with E-state index in [2.05, 4.69) is 0 Å². The fraction of sp³-hybridized carbons (Fsp3) is 0.250. The molecule has 1 heterocycles. The number of ether oxygens (including phenoxy) is 1. The summed E-state index contributed by atoms with van der Waals surface area (Å²) in [6, 6.07) is 14.8. The van der Waals surface area contributed by atoms with Gasteiger partial charge >= 0.3 is 0 Å². The standard InChI is InChI=1S/C16H17NO3S/c1-20-15-7-8-16-14(11-15)9-10-17(16)21(18,19)12-13-5-3-2-4-6-13/h2-8,11H,9-10,12H2,1H3. The molecule has 4 nitrogen and oxygen atoms in total. The number of benzene rings is 2. The summed E-state index contributed by atoms with van der Waals surface area (Å²) in [6.07, 6.45) is 0.723. The lowest BCUT2D eigenvalue weighted by Crippen LogP contribution is -2.30. The number of hydrogen-bond donors (Lipinski definition) is 0. The van der Waals surface area contributed by atoms with E-state index in [9.17, 15) is 8.42 Å². The third kappa shape index (κ3) is 2.74. The first-order valence-corrected chi connectivity index (χ1v) is 8.42. The van der Waals surface area contributed by atoms with Crippen molar-refractivity contribution in [3.8, 4) is 5.75 Å². The van der Waals surface area contributed by atoms with Gasteiger partial charge in [0.2, 0.25) is 10.0 Å². The average molecular weight is 303 g/mol. The van der Waals surface area contributed by atoms with E-state index >= 15 is 0 Å². The summed E-state index contributed by atoms with van der Waals surface area (Å²) in [7, 11) is -1.74. The Morgan fingerprint density at radius 1 is 1.14 bits per heavy atom. The van der Waals surface area contributed by atoms with Crippen LogP contribution in [-0.4, -0.2) is 22.1 Å². The largest absolute Gasteiger partial charge is 0.497 e. The van der Waals surface area contributed by atoms with Crippen LogP contribution in [0.5, 0.6) is 5.75 Å². The van der Waals surface area contributed by atoms with E-state index in [-0.39, 0.29) is 5.75 Å². The van der Waals surface area contributed by atoms with Gasteiger partial charge < -0.3 is 4.74 Å². The summed E-state index contributed by atoms with van der Waals surface area (Å²) in [5.74, 6) is 0.787. The molecule has 110 valence electrons. The van der Waals surface area contributed by atoms with E-state index in [4.69, 9.17) is 4.74 Å². The summed E-state index contributed by atoms with van der Waals surface area (Å²) < 4.78 is 31.9. The second kappa shape index (κ2) is 5.41. The highest BCUT2D eigenvalue weighted by Crippen LogP contribution is 2.33. The summed E-state index contributed by atoms with van der Waals surface area (Å²) in [4.78, 5) is 0. The topological polar surface area (TPSA) is 46.6 Å². The Bertz CT molecular complexity index is 741. The minimum atomic E-state index is -3.35. The number of anilines is 1. The molecule has 2 aromatic carbocycles. The van der Waals surface area contributed by atoms with Crippen molar-refractivity contribution in [2.45, 2.75) is 12.2 Å². The van der Waals surface area contributed by atoms with Gasteiger partial charge in [0.25, 0.3) is 0 Å². The lowest BCUT2D eigenvalue weighted by atomic mass is 10.1. The van der Waals surface area contributed by atoms with Crippen molar-refractivity contribution in [3.05, 3.63) is 59.7 Å². The summed E-state index contributed by atoms with van der Waals surface area (Å²) in [5, 5.41) is 0. The quantitative estimate of drug-likeness (QED) is 0.872. The van der Waals surface area contributed by atoms with E-state index in [1.54, 1.807) is 13.2 Å². The van der Waals surface area contributed by atoms with Gasteiger partial charge in [-0.15, -0.1) is 0 Å². The van der Waals surface area contributed by atoms with Crippen LogP contribution >= 0.6 is 0 Å². The Labute approximate surface area is 125 Å². The number of sulfonamides is 1. The highest BCUT2D eigenvalue weighted by atomic mass is 32.2. The molecule has 3 rings (SSSR count). The zero-order valence-electron chi connectivity index (χ0n) is 11.8.